The molecule has 32 heavy (non-hydrogen) atoms. The first-order valence-electron chi connectivity index (χ1n) is 10.4. The van der Waals surface area contributed by atoms with E-state index in [1.807, 2.05) is 10.9 Å². The van der Waals surface area contributed by atoms with Gasteiger partial charge in [0.05, 0.1) is 43.0 Å². The average molecular weight is 444 g/mol. The Kier molecular flexibility index (Phi) is 6.50. The number of rotatable bonds is 7. The second-order valence-electron chi connectivity index (χ2n) is 7.90. The lowest BCUT2D eigenvalue weighted by molar-refractivity contribution is 0.212. The number of hydrogen-bond donors (Lipinski definition) is 1. The molecular formula is C22H26F2N6O2. The lowest BCUT2D eigenvalue weighted by Crippen LogP contribution is -2.31. The van der Waals surface area contributed by atoms with Crippen LogP contribution < -0.4 is 14.8 Å². The minimum atomic E-state index is -0.781. The summed E-state index contributed by atoms with van der Waals surface area (Å²) in [5.74, 6) is -0.814. The van der Waals surface area contributed by atoms with Gasteiger partial charge in [0.1, 0.15) is 12.4 Å². The van der Waals surface area contributed by atoms with Crippen LogP contribution in [0.1, 0.15) is 30.0 Å². The highest BCUT2D eigenvalue weighted by atomic mass is 19.1. The Hall–Kier alpha value is -3.27. The van der Waals surface area contributed by atoms with E-state index in [1.54, 1.807) is 13.1 Å². The summed E-state index contributed by atoms with van der Waals surface area (Å²) in [6.45, 7) is 3.34. The van der Waals surface area contributed by atoms with Crippen LogP contribution in [-0.4, -0.2) is 51.9 Å². The lowest BCUT2D eigenvalue weighted by Gasteiger charge is -2.28. The number of anilines is 2. The number of halogens is 2. The zero-order chi connectivity index (χ0) is 22.7. The van der Waals surface area contributed by atoms with Crippen LogP contribution in [0.5, 0.6) is 11.5 Å². The minimum absolute atomic E-state index is 0.0286. The summed E-state index contributed by atoms with van der Waals surface area (Å²) in [5.41, 5.74) is 0.859. The van der Waals surface area contributed by atoms with Crippen molar-refractivity contribution in [2.24, 2.45) is 0 Å². The van der Waals surface area contributed by atoms with Gasteiger partial charge in [-0.2, -0.15) is 5.10 Å². The third kappa shape index (κ3) is 4.80. The summed E-state index contributed by atoms with van der Waals surface area (Å²) in [4.78, 5) is 10.7. The molecule has 0 saturated carbocycles. The molecule has 0 spiro atoms. The first kappa shape index (κ1) is 21.9. The van der Waals surface area contributed by atoms with Crippen molar-refractivity contribution in [1.29, 1.82) is 0 Å². The van der Waals surface area contributed by atoms with Gasteiger partial charge in [0.2, 0.25) is 5.95 Å². The Balaban J connectivity index is 1.37. The van der Waals surface area contributed by atoms with Gasteiger partial charge in [0.25, 0.3) is 0 Å². The average Bonchev–Trinajstić information content (AvgIpc) is 3.26. The van der Waals surface area contributed by atoms with Gasteiger partial charge in [-0.15, -0.1) is 0 Å². The standard InChI is InChI=1S/C22H26F2N6O2/c1-14-8-19(31-3)21(24)18(20(14)23)13-32-17-10-25-22(26-11-17)28-15-9-27-30(12-15)16-4-6-29(2)7-5-16/h8-12,16H,4-7,13H2,1-3H3,(H,25,26,28). The normalized spacial score (nSPS) is 15.0. The van der Waals surface area contributed by atoms with E-state index in [1.165, 1.54) is 25.6 Å². The smallest absolute Gasteiger partial charge is 0.227 e. The predicted molar refractivity (Wildman–Crippen MR) is 115 cm³/mol. The van der Waals surface area contributed by atoms with E-state index < -0.39 is 11.6 Å². The van der Waals surface area contributed by atoms with Crippen molar-refractivity contribution < 1.29 is 18.3 Å². The number of nitrogens with one attached hydrogen (secondary N) is 1. The van der Waals surface area contributed by atoms with Gasteiger partial charge >= 0.3 is 0 Å². The van der Waals surface area contributed by atoms with Crippen molar-refractivity contribution in [1.82, 2.24) is 24.6 Å². The van der Waals surface area contributed by atoms with Crippen LogP contribution in [0.3, 0.4) is 0 Å². The number of piperidine rings is 1. The fourth-order valence-electron chi connectivity index (χ4n) is 3.68. The van der Waals surface area contributed by atoms with Gasteiger partial charge in [0, 0.05) is 6.20 Å². The first-order chi connectivity index (χ1) is 15.4. The van der Waals surface area contributed by atoms with E-state index in [0.29, 0.717) is 12.0 Å². The molecule has 3 heterocycles. The fourth-order valence-corrected chi connectivity index (χ4v) is 3.68. The molecule has 1 N–H and O–H groups in total. The van der Waals surface area contributed by atoms with E-state index in [2.05, 4.69) is 32.3 Å². The summed E-state index contributed by atoms with van der Waals surface area (Å²) in [5, 5.41) is 7.56. The van der Waals surface area contributed by atoms with Crippen molar-refractivity contribution in [3.05, 3.63) is 53.6 Å². The summed E-state index contributed by atoms with van der Waals surface area (Å²) >= 11 is 0. The van der Waals surface area contributed by atoms with Crippen LogP contribution in [0.2, 0.25) is 0 Å². The minimum Gasteiger partial charge on any atom is -0.494 e. The third-order valence-electron chi connectivity index (χ3n) is 5.59. The number of benzene rings is 1. The maximum atomic E-state index is 14.4. The predicted octanol–water partition coefficient (Wildman–Crippen LogP) is 3.86. The highest BCUT2D eigenvalue weighted by Crippen LogP contribution is 2.27. The van der Waals surface area contributed by atoms with E-state index >= 15 is 0 Å². The molecule has 1 aliphatic rings. The Morgan fingerprint density at radius 2 is 1.84 bits per heavy atom. The Morgan fingerprint density at radius 3 is 2.53 bits per heavy atom. The van der Waals surface area contributed by atoms with Crippen LogP contribution in [0.15, 0.2) is 30.9 Å². The van der Waals surface area contributed by atoms with Crippen molar-refractivity contribution in [3.63, 3.8) is 0 Å². The highest BCUT2D eigenvalue weighted by Gasteiger charge is 2.20. The summed E-state index contributed by atoms with van der Waals surface area (Å²) in [6.07, 6.45) is 8.70. The molecule has 2 aromatic heterocycles. The zero-order valence-corrected chi connectivity index (χ0v) is 18.3. The highest BCUT2D eigenvalue weighted by molar-refractivity contribution is 5.50. The molecule has 1 aliphatic heterocycles. The Morgan fingerprint density at radius 1 is 1.12 bits per heavy atom. The van der Waals surface area contributed by atoms with E-state index in [4.69, 9.17) is 9.47 Å². The van der Waals surface area contributed by atoms with E-state index in [-0.39, 0.29) is 29.2 Å². The monoisotopic (exact) mass is 444 g/mol. The van der Waals surface area contributed by atoms with Crippen molar-refractivity contribution in [2.75, 3.05) is 32.6 Å². The number of aryl methyl sites for hydroxylation is 1. The van der Waals surface area contributed by atoms with Gasteiger partial charge in [-0.05, 0) is 51.5 Å². The van der Waals surface area contributed by atoms with E-state index in [9.17, 15) is 8.78 Å². The number of nitrogens with zero attached hydrogens (tertiary/aromatic N) is 5. The van der Waals surface area contributed by atoms with Crippen LogP contribution >= 0.6 is 0 Å². The molecular weight excluding hydrogens is 418 g/mol. The largest absolute Gasteiger partial charge is 0.494 e. The molecule has 0 atom stereocenters. The third-order valence-corrected chi connectivity index (χ3v) is 5.59. The Labute approximate surface area is 185 Å². The van der Waals surface area contributed by atoms with Crippen molar-refractivity contribution >= 4 is 11.6 Å². The quantitative estimate of drug-likeness (QED) is 0.593. The summed E-state index contributed by atoms with van der Waals surface area (Å²) in [6, 6.07) is 1.70. The number of hydrogen-bond acceptors (Lipinski definition) is 7. The lowest BCUT2D eigenvalue weighted by atomic mass is 10.1. The van der Waals surface area contributed by atoms with Crippen molar-refractivity contribution in [3.8, 4) is 11.5 Å². The van der Waals surface area contributed by atoms with Gasteiger partial charge in [-0.25, -0.2) is 18.7 Å². The second kappa shape index (κ2) is 9.47. The molecule has 1 fully saturated rings. The molecule has 1 saturated heterocycles. The summed E-state index contributed by atoms with van der Waals surface area (Å²) in [7, 11) is 3.46. The maximum absolute atomic E-state index is 14.4. The van der Waals surface area contributed by atoms with Crippen LogP contribution in [0.25, 0.3) is 0 Å². The number of aromatic nitrogens is 4. The molecule has 0 aliphatic carbocycles. The van der Waals surface area contributed by atoms with Gasteiger partial charge in [-0.1, -0.05) is 0 Å². The molecule has 3 aromatic rings. The first-order valence-corrected chi connectivity index (χ1v) is 10.4. The molecule has 0 unspecified atom stereocenters. The molecule has 4 rings (SSSR count). The molecule has 10 heteroatoms. The SMILES string of the molecule is COc1cc(C)c(F)c(COc2cnc(Nc3cnn(C4CCN(C)CC4)c3)nc2)c1F. The topological polar surface area (TPSA) is 77.3 Å². The fraction of sp³-hybridized carbons (Fsp3) is 0.409. The molecule has 1 aromatic carbocycles. The van der Waals surface area contributed by atoms with Gasteiger partial charge in [-0.3, -0.25) is 4.68 Å². The van der Waals surface area contributed by atoms with Crippen LogP contribution in [0, 0.1) is 18.6 Å². The molecule has 8 nitrogen and oxygen atoms in total. The maximum Gasteiger partial charge on any atom is 0.227 e. The second-order valence-corrected chi connectivity index (χ2v) is 7.90. The number of likely N-dealkylation sites (tertiary alicyclic amines) is 1. The molecule has 0 amide bonds. The van der Waals surface area contributed by atoms with Gasteiger partial charge in [0.15, 0.2) is 17.3 Å². The zero-order valence-electron chi connectivity index (χ0n) is 18.3. The van der Waals surface area contributed by atoms with Gasteiger partial charge < -0.3 is 19.7 Å². The molecule has 170 valence electrons. The Bertz CT molecular complexity index is 1070. The molecule has 0 bridgehead atoms. The van der Waals surface area contributed by atoms with E-state index in [0.717, 1.165) is 31.6 Å². The summed E-state index contributed by atoms with van der Waals surface area (Å²) < 4.78 is 41.1. The van der Waals surface area contributed by atoms with Crippen LogP contribution in [0.4, 0.5) is 20.4 Å². The molecule has 0 radical (unpaired) electrons. The number of ether oxygens (including phenoxy) is 2. The number of methoxy groups -OCH3 is 1. The van der Waals surface area contributed by atoms with Crippen molar-refractivity contribution in [2.45, 2.75) is 32.4 Å². The van der Waals surface area contributed by atoms with Crippen LogP contribution in [-0.2, 0) is 6.61 Å².